The summed E-state index contributed by atoms with van der Waals surface area (Å²) in [6.07, 6.45) is 0.320. The number of aliphatic hydroxyl groups is 1. The SMILES string of the molecule is CC1CC(C(=O)NC(Cc2ccc(-c3ccccc3)cc2)C[C@@H](O)C(=O)O)CC2NNNC12. The van der Waals surface area contributed by atoms with Gasteiger partial charge in [-0.3, -0.25) is 4.79 Å². The smallest absolute Gasteiger partial charge is 0.332 e. The normalized spacial score (nSPS) is 26.2. The van der Waals surface area contributed by atoms with Gasteiger partial charge in [-0.15, -0.1) is 0 Å². The summed E-state index contributed by atoms with van der Waals surface area (Å²) in [6, 6.07) is 18.0. The summed E-state index contributed by atoms with van der Waals surface area (Å²) < 4.78 is 0. The van der Waals surface area contributed by atoms with Crippen LogP contribution in [0.5, 0.6) is 0 Å². The van der Waals surface area contributed by atoms with Crippen LogP contribution in [0, 0.1) is 11.8 Å². The second-order valence-corrected chi connectivity index (χ2v) is 9.25. The first kappa shape index (κ1) is 23.4. The van der Waals surface area contributed by atoms with Crippen molar-refractivity contribution in [1.29, 1.82) is 0 Å². The van der Waals surface area contributed by atoms with Gasteiger partial charge in [-0.1, -0.05) is 61.5 Å². The summed E-state index contributed by atoms with van der Waals surface area (Å²) in [6.45, 7) is 2.12. The molecule has 5 unspecified atom stereocenters. The van der Waals surface area contributed by atoms with Crippen LogP contribution in [0.3, 0.4) is 0 Å². The predicted octanol–water partition coefficient (Wildman–Crippen LogP) is 1.61. The van der Waals surface area contributed by atoms with Crippen molar-refractivity contribution in [1.82, 2.24) is 21.7 Å². The van der Waals surface area contributed by atoms with Crippen molar-refractivity contribution >= 4 is 11.9 Å². The summed E-state index contributed by atoms with van der Waals surface area (Å²) >= 11 is 0. The maximum Gasteiger partial charge on any atom is 0.332 e. The van der Waals surface area contributed by atoms with E-state index in [-0.39, 0.29) is 30.3 Å². The van der Waals surface area contributed by atoms with Gasteiger partial charge in [0.05, 0.1) is 0 Å². The van der Waals surface area contributed by atoms with Crippen LogP contribution in [-0.4, -0.2) is 46.3 Å². The minimum absolute atomic E-state index is 0.0444. The zero-order valence-corrected chi connectivity index (χ0v) is 18.7. The van der Waals surface area contributed by atoms with E-state index >= 15 is 0 Å². The van der Waals surface area contributed by atoms with Gasteiger partial charge >= 0.3 is 5.97 Å². The van der Waals surface area contributed by atoms with E-state index in [0.29, 0.717) is 18.8 Å². The van der Waals surface area contributed by atoms with E-state index < -0.39 is 18.1 Å². The highest BCUT2D eigenvalue weighted by Gasteiger charge is 2.41. The van der Waals surface area contributed by atoms with Gasteiger partial charge in [0.1, 0.15) is 0 Å². The number of hydrogen-bond donors (Lipinski definition) is 6. The summed E-state index contributed by atoms with van der Waals surface area (Å²) in [7, 11) is 0. The van der Waals surface area contributed by atoms with Crippen molar-refractivity contribution in [2.75, 3.05) is 0 Å². The van der Waals surface area contributed by atoms with Crippen LogP contribution < -0.4 is 21.7 Å². The number of carbonyl (C=O) groups excluding carboxylic acids is 1. The molecule has 8 heteroatoms. The number of carbonyl (C=O) groups is 2. The molecule has 0 radical (unpaired) electrons. The van der Waals surface area contributed by atoms with Gasteiger partial charge < -0.3 is 15.5 Å². The van der Waals surface area contributed by atoms with Crippen LogP contribution >= 0.6 is 0 Å². The highest BCUT2D eigenvalue weighted by Crippen LogP contribution is 2.31. The quantitative estimate of drug-likeness (QED) is 0.360. The first-order chi connectivity index (χ1) is 15.9. The molecule has 1 aliphatic carbocycles. The standard InChI is InChI=1S/C25H32N4O4/c1-15-11-19(13-21-23(15)28-29-27-21)24(31)26-20(14-22(30)25(32)33)12-16-7-9-18(10-8-16)17-5-3-2-4-6-17/h2-10,15,19-23,27-30H,11-14H2,1H3,(H,26,31)(H,32,33)/t15?,19?,20?,21?,22-,23?/m1/s1. The number of fused-ring (bicyclic) bond motifs is 1. The molecular weight excluding hydrogens is 420 g/mol. The van der Waals surface area contributed by atoms with Gasteiger partial charge in [0.15, 0.2) is 6.10 Å². The van der Waals surface area contributed by atoms with E-state index in [1.54, 1.807) is 0 Å². The molecule has 1 aliphatic heterocycles. The molecule has 2 fully saturated rings. The number of rotatable bonds is 8. The zero-order valence-electron chi connectivity index (χ0n) is 18.7. The molecule has 1 saturated carbocycles. The van der Waals surface area contributed by atoms with Crippen LogP contribution in [0.1, 0.15) is 31.7 Å². The van der Waals surface area contributed by atoms with Crippen LogP contribution in [0.4, 0.5) is 0 Å². The van der Waals surface area contributed by atoms with Crippen molar-refractivity contribution in [2.45, 2.75) is 56.8 Å². The van der Waals surface area contributed by atoms with Crippen molar-refractivity contribution in [3.63, 3.8) is 0 Å². The van der Waals surface area contributed by atoms with E-state index in [2.05, 4.69) is 28.6 Å². The predicted molar refractivity (Wildman–Crippen MR) is 125 cm³/mol. The second-order valence-electron chi connectivity index (χ2n) is 9.25. The maximum atomic E-state index is 13.1. The summed E-state index contributed by atoms with van der Waals surface area (Å²) in [5, 5.41) is 22.2. The summed E-state index contributed by atoms with van der Waals surface area (Å²) in [5.41, 5.74) is 12.5. The van der Waals surface area contributed by atoms with Gasteiger partial charge in [-0.25, -0.2) is 15.6 Å². The molecule has 1 amide bonds. The number of hydrogen-bond acceptors (Lipinski definition) is 6. The Kier molecular flexibility index (Phi) is 7.39. The molecule has 1 heterocycles. The summed E-state index contributed by atoms with van der Waals surface area (Å²) in [4.78, 5) is 24.4. The Morgan fingerprint density at radius 2 is 1.73 bits per heavy atom. The van der Waals surface area contributed by atoms with Crippen molar-refractivity contribution in [2.24, 2.45) is 11.8 Å². The van der Waals surface area contributed by atoms with Gasteiger partial charge in [0.2, 0.25) is 5.91 Å². The van der Waals surface area contributed by atoms with Crippen molar-refractivity contribution < 1.29 is 19.8 Å². The molecule has 0 bridgehead atoms. The van der Waals surface area contributed by atoms with E-state index in [4.69, 9.17) is 0 Å². The van der Waals surface area contributed by atoms with Crippen LogP contribution in [-0.2, 0) is 16.0 Å². The molecule has 1 saturated heterocycles. The molecule has 6 N–H and O–H groups in total. The van der Waals surface area contributed by atoms with Crippen LogP contribution in [0.15, 0.2) is 54.6 Å². The molecule has 2 aromatic rings. The number of nitrogens with one attached hydrogen (secondary N) is 4. The Morgan fingerprint density at radius 3 is 2.42 bits per heavy atom. The average Bonchev–Trinajstić information content (AvgIpc) is 3.29. The largest absolute Gasteiger partial charge is 0.479 e. The Labute approximate surface area is 193 Å². The lowest BCUT2D eigenvalue weighted by Gasteiger charge is -2.35. The highest BCUT2D eigenvalue weighted by molar-refractivity contribution is 5.79. The van der Waals surface area contributed by atoms with E-state index in [1.807, 2.05) is 54.6 Å². The molecule has 176 valence electrons. The number of carboxylic acids is 1. The second kappa shape index (κ2) is 10.4. The molecule has 0 aromatic heterocycles. The fraction of sp³-hybridized carbons (Fsp3) is 0.440. The third-order valence-corrected chi connectivity index (χ3v) is 6.79. The lowest BCUT2D eigenvalue weighted by atomic mass is 9.76. The minimum atomic E-state index is -1.53. The molecule has 4 rings (SSSR count). The van der Waals surface area contributed by atoms with Gasteiger partial charge in [0, 0.05) is 30.5 Å². The highest BCUT2D eigenvalue weighted by atomic mass is 16.4. The molecule has 8 nitrogen and oxygen atoms in total. The van der Waals surface area contributed by atoms with E-state index in [9.17, 15) is 19.8 Å². The first-order valence-corrected chi connectivity index (χ1v) is 11.5. The number of aliphatic hydroxyl groups excluding tert-OH is 1. The van der Waals surface area contributed by atoms with E-state index in [0.717, 1.165) is 23.1 Å². The maximum absolute atomic E-state index is 13.1. The first-order valence-electron chi connectivity index (χ1n) is 11.5. The van der Waals surface area contributed by atoms with Crippen LogP contribution in [0.2, 0.25) is 0 Å². The number of amides is 1. The molecule has 2 aliphatic rings. The zero-order chi connectivity index (χ0) is 23.4. The number of aliphatic carboxylic acids is 1. The summed E-state index contributed by atoms with van der Waals surface area (Å²) in [5.74, 6) is -1.22. The Morgan fingerprint density at radius 1 is 1.03 bits per heavy atom. The van der Waals surface area contributed by atoms with Crippen molar-refractivity contribution in [3.8, 4) is 11.1 Å². The number of carboxylic acid groups (broad SMARTS) is 1. The fourth-order valence-electron chi connectivity index (χ4n) is 5.00. The molecule has 2 aromatic carbocycles. The van der Waals surface area contributed by atoms with Gasteiger partial charge in [-0.2, -0.15) is 5.53 Å². The van der Waals surface area contributed by atoms with E-state index in [1.165, 1.54) is 0 Å². The third kappa shape index (κ3) is 5.78. The molecule has 6 atom stereocenters. The lowest BCUT2D eigenvalue weighted by molar-refractivity contribution is -0.147. The van der Waals surface area contributed by atoms with Gasteiger partial charge in [-0.05, 0) is 41.9 Å². The topological polar surface area (TPSA) is 123 Å². The molecule has 0 spiro atoms. The van der Waals surface area contributed by atoms with Crippen molar-refractivity contribution in [3.05, 3.63) is 60.2 Å². The Hall–Kier alpha value is -2.78. The number of hydrazine groups is 2. The Balaban J connectivity index is 1.43. The van der Waals surface area contributed by atoms with Crippen LogP contribution in [0.25, 0.3) is 11.1 Å². The number of benzene rings is 2. The third-order valence-electron chi connectivity index (χ3n) is 6.79. The minimum Gasteiger partial charge on any atom is -0.479 e. The Bertz CT molecular complexity index is 953. The molecule has 33 heavy (non-hydrogen) atoms. The monoisotopic (exact) mass is 452 g/mol. The fourth-order valence-corrected chi connectivity index (χ4v) is 5.00. The van der Waals surface area contributed by atoms with Gasteiger partial charge in [0.25, 0.3) is 0 Å². The average molecular weight is 453 g/mol. The molecular formula is C25H32N4O4. The lowest BCUT2D eigenvalue weighted by Crippen LogP contribution is -2.50.